The largest absolute Gasteiger partial charge is 0.499 e. The molecule has 0 N–H and O–H groups in total. The number of aromatic nitrogens is 3. The van der Waals surface area contributed by atoms with Gasteiger partial charge < -0.3 is 4.74 Å². The summed E-state index contributed by atoms with van der Waals surface area (Å²) in [6, 6.07) is 12.1. The summed E-state index contributed by atoms with van der Waals surface area (Å²) < 4.78 is 67.3. The van der Waals surface area contributed by atoms with Crippen LogP contribution < -0.4 is 4.74 Å². The Kier molecular flexibility index (Phi) is 4.39. The van der Waals surface area contributed by atoms with Gasteiger partial charge in [-0.1, -0.05) is 29.8 Å². The summed E-state index contributed by atoms with van der Waals surface area (Å²) in [5, 5.41) is 4.26. The molecule has 136 valence electrons. The summed E-state index contributed by atoms with van der Waals surface area (Å²) in [5.41, 5.74) is 2.30. The SMILES string of the molecule is Cc1ccc(-c2ncn(-c3ccc(OC(F)(F)C(F)(F)F)cc3)n2)cc1. The van der Waals surface area contributed by atoms with E-state index >= 15 is 0 Å². The zero-order valence-corrected chi connectivity index (χ0v) is 13.3. The van der Waals surface area contributed by atoms with E-state index in [1.54, 1.807) is 0 Å². The van der Waals surface area contributed by atoms with Crippen molar-refractivity contribution in [3.63, 3.8) is 0 Å². The lowest BCUT2D eigenvalue weighted by atomic mass is 10.1. The quantitative estimate of drug-likeness (QED) is 0.622. The third kappa shape index (κ3) is 3.66. The second kappa shape index (κ2) is 6.40. The van der Waals surface area contributed by atoms with Crippen LogP contribution in [0.3, 0.4) is 0 Å². The van der Waals surface area contributed by atoms with E-state index in [0.29, 0.717) is 11.5 Å². The first kappa shape index (κ1) is 17.8. The fourth-order valence-electron chi connectivity index (χ4n) is 2.10. The smallest absolute Gasteiger partial charge is 0.426 e. The van der Waals surface area contributed by atoms with Crippen molar-refractivity contribution in [2.24, 2.45) is 0 Å². The van der Waals surface area contributed by atoms with E-state index in [-0.39, 0.29) is 0 Å². The Morgan fingerprint density at radius 2 is 1.50 bits per heavy atom. The molecule has 0 spiro atoms. The molecule has 4 nitrogen and oxygen atoms in total. The third-order valence-corrected chi connectivity index (χ3v) is 3.48. The number of ether oxygens (including phenoxy) is 1. The second-order valence-electron chi connectivity index (χ2n) is 5.49. The maximum absolute atomic E-state index is 12.9. The molecule has 0 fully saturated rings. The number of aryl methyl sites for hydroxylation is 1. The van der Waals surface area contributed by atoms with Gasteiger partial charge in [-0.15, -0.1) is 5.10 Å². The first-order valence-corrected chi connectivity index (χ1v) is 7.38. The number of nitrogens with zero attached hydrogens (tertiary/aromatic N) is 3. The van der Waals surface area contributed by atoms with Gasteiger partial charge in [0.1, 0.15) is 12.1 Å². The van der Waals surface area contributed by atoms with E-state index in [2.05, 4.69) is 14.8 Å². The van der Waals surface area contributed by atoms with Crippen molar-refractivity contribution in [3.05, 3.63) is 60.4 Å². The first-order valence-electron chi connectivity index (χ1n) is 7.38. The summed E-state index contributed by atoms with van der Waals surface area (Å²) in [6.45, 7) is 1.95. The van der Waals surface area contributed by atoms with Crippen LogP contribution in [0.4, 0.5) is 22.0 Å². The predicted octanol–water partition coefficient (Wildman–Crippen LogP) is 4.78. The van der Waals surface area contributed by atoms with Gasteiger partial charge in [0.25, 0.3) is 0 Å². The molecular weight excluding hydrogens is 357 g/mol. The van der Waals surface area contributed by atoms with Crippen molar-refractivity contribution in [1.29, 1.82) is 0 Å². The summed E-state index contributed by atoms with van der Waals surface area (Å²) >= 11 is 0. The van der Waals surface area contributed by atoms with Crippen molar-refractivity contribution in [2.75, 3.05) is 0 Å². The van der Waals surface area contributed by atoms with Gasteiger partial charge in [0.2, 0.25) is 0 Å². The van der Waals surface area contributed by atoms with Crippen LogP contribution >= 0.6 is 0 Å². The molecule has 0 radical (unpaired) electrons. The second-order valence-corrected chi connectivity index (χ2v) is 5.49. The summed E-state index contributed by atoms with van der Waals surface area (Å²) in [5.74, 6) is -0.163. The molecule has 0 aliphatic rings. The van der Waals surface area contributed by atoms with Crippen LogP contribution in [0.15, 0.2) is 54.9 Å². The van der Waals surface area contributed by atoms with Crippen molar-refractivity contribution in [3.8, 4) is 22.8 Å². The highest BCUT2D eigenvalue weighted by Crippen LogP contribution is 2.37. The van der Waals surface area contributed by atoms with Gasteiger partial charge in [-0.05, 0) is 31.2 Å². The van der Waals surface area contributed by atoms with Gasteiger partial charge in [-0.3, -0.25) is 0 Å². The molecule has 26 heavy (non-hydrogen) atoms. The summed E-state index contributed by atoms with van der Waals surface area (Å²) in [7, 11) is 0. The molecule has 1 aromatic heterocycles. The van der Waals surface area contributed by atoms with Crippen molar-refractivity contribution in [1.82, 2.24) is 14.8 Å². The van der Waals surface area contributed by atoms with E-state index in [4.69, 9.17) is 0 Å². The molecule has 0 atom stereocenters. The highest BCUT2D eigenvalue weighted by Gasteiger charge is 2.61. The monoisotopic (exact) mass is 369 g/mol. The number of hydrogen-bond donors (Lipinski definition) is 0. The topological polar surface area (TPSA) is 39.9 Å². The molecule has 2 aromatic carbocycles. The van der Waals surface area contributed by atoms with Gasteiger partial charge in [0, 0.05) is 5.56 Å². The lowest BCUT2D eigenvalue weighted by Crippen LogP contribution is -2.41. The number of benzene rings is 2. The average molecular weight is 369 g/mol. The van der Waals surface area contributed by atoms with Gasteiger partial charge >= 0.3 is 12.3 Å². The van der Waals surface area contributed by atoms with Gasteiger partial charge in [0.05, 0.1) is 5.69 Å². The highest BCUT2D eigenvalue weighted by molar-refractivity contribution is 5.55. The van der Waals surface area contributed by atoms with E-state index in [9.17, 15) is 22.0 Å². The van der Waals surface area contributed by atoms with E-state index < -0.39 is 18.0 Å². The molecule has 9 heteroatoms. The number of alkyl halides is 5. The van der Waals surface area contributed by atoms with E-state index in [1.807, 2.05) is 31.2 Å². The number of rotatable bonds is 4. The molecular formula is C17H12F5N3O. The Morgan fingerprint density at radius 3 is 2.08 bits per heavy atom. The summed E-state index contributed by atoms with van der Waals surface area (Å²) in [4.78, 5) is 4.16. The minimum atomic E-state index is -5.79. The van der Waals surface area contributed by atoms with Gasteiger partial charge in [0.15, 0.2) is 5.82 Å². The zero-order chi connectivity index (χ0) is 18.9. The minimum Gasteiger partial charge on any atom is -0.426 e. The summed E-state index contributed by atoms with van der Waals surface area (Å²) in [6.07, 6.45) is -9.64. The van der Waals surface area contributed by atoms with Crippen molar-refractivity contribution in [2.45, 2.75) is 19.2 Å². The normalized spacial score (nSPS) is 12.2. The third-order valence-electron chi connectivity index (χ3n) is 3.48. The maximum atomic E-state index is 12.9. The van der Waals surface area contributed by atoms with E-state index in [0.717, 1.165) is 23.3 Å². The standard InChI is InChI=1S/C17H12F5N3O/c1-11-2-4-12(5-3-11)15-23-10-25(24-15)13-6-8-14(9-7-13)26-17(21,22)16(18,19)20/h2-10H,1H3. The molecule has 0 bridgehead atoms. The Balaban J connectivity index is 1.78. The molecule has 0 amide bonds. The molecule has 1 heterocycles. The predicted molar refractivity (Wildman–Crippen MR) is 83.2 cm³/mol. The molecule has 0 aliphatic heterocycles. The Bertz CT molecular complexity index is 886. The van der Waals surface area contributed by atoms with Crippen molar-refractivity contribution >= 4 is 0 Å². The van der Waals surface area contributed by atoms with Crippen molar-refractivity contribution < 1.29 is 26.7 Å². The lowest BCUT2D eigenvalue weighted by Gasteiger charge is -2.20. The maximum Gasteiger partial charge on any atom is 0.499 e. The van der Waals surface area contributed by atoms with Crippen LogP contribution in [0, 0.1) is 6.92 Å². The van der Waals surface area contributed by atoms with Gasteiger partial charge in [-0.2, -0.15) is 22.0 Å². The lowest BCUT2D eigenvalue weighted by molar-refractivity contribution is -0.360. The highest BCUT2D eigenvalue weighted by atomic mass is 19.4. The fraction of sp³-hybridized carbons (Fsp3) is 0.176. The molecule has 0 unspecified atom stereocenters. The molecule has 0 aliphatic carbocycles. The molecule has 3 aromatic rings. The first-order chi connectivity index (χ1) is 12.2. The van der Waals surface area contributed by atoms with E-state index in [1.165, 1.54) is 23.1 Å². The molecule has 0 saturated heterocycles. The molecule has 0 saturated carbocycles. The van der Waals surface area contributed by atoms with Crippen LogP contribution in [0.2, 0.25) is 0 Å². The number of hydrogen-bond acceptors (Lipinski definition) is 3. The Hall–Kier alpha value is -2.97. The average Bonchev–Trinajstić information content (AvgIpc) is 3.05. The van der Waals surface area contributed by atoms with Gasteiger partial charge in [-0.25, -0.2) is 9.67 Å². The van der Waals surface area contributed by atoms with Crippen LogP contribution in [-0.2, 0) is 0 Å². The van der Waals surface area contributed by atoms with Crippen LogP contribution in [-0.4, -0.2) is 27.0 Å². The van der Waals surface area contributed by atoms with Crippen LogP contribution in [0.5, 0.6) is 5.75 Å². The van der Waals surface area contributed by atoms with Crippen LogP contribution in [0.25, 0.3) is 17.1 Å². The fourth-order valence-corrected chi connectivity index (χ4v) is 2.10. The number of halogens is 5. The zero-order valence-electron chi connectivity index (χ0n) is 13.3. The molecule has 3 rings (SSSR count). The minimum absolute atomic E-state index is 0.429. The Labute approximate surface area is 144 Å². The van der Waals surface area contributed by atoms with Crippen LogP contribution in [0.1, 0.15) is 5.56 Å². The Morgan fingerprint density at radius 1 is 0.885 bits per heavy atom.